The Morgan fingerprint density at radius 1 is 1.35 bits per heavy atom. The van der Waals surface area contributed by atoms with Gasteiger partial charge in [0.25, 0.3) is 0 Å². The van der Waals surface area contributed by atoms with Crippen LogP contribution in [0.15, 0.2) is 22.7 Å². The van der Waals surface area contributed by atoms with Gasteiger partial charge in [-0.2, -0.15) is 4.98 Å². The molecule has 1 aliphatic heterocycles. The Bertz CT molecular complexity index is 599. The van der Waals surface area contributed by atoms with Crippen molar-refractivity contribution < 1.29 is 19.1 Å². The van der Waals surface area contributed by atoms with E-state index in [0.717, 1.165) is 5.56 Å². The molecule has 1 unspecified atom stereocenters. The number of aromatic nitrogens is 2. The fourth-order valence-corrected chi connectivity index (χ4v) is 1.97. The number of hydrogen-bond acceptors (Lipinski definition) is 7. The van der Waals surface area contributed by atoms with Gasteiger partial charge in [-0.1, -0.05) is 11.2 Å². The standard InChI is InChI=1S/C13H15N3O4/c1-8-15-13(20-16-8)6-14-5-10(17)9-2-3-11-12(4-9)19-7-18-11/h2-4,10,14,17H,5-7H2,1H3. The van der Waals surface area contributed by atoms with Gasteiger partial charge in [0.1, 0.15) is 0 Å². The summed E-state index contributed by atoms with van der Waals surface area (Å²) in [5.41, 5.74) is 0.767. The predicted octanol–water partition coefficient (Wildman–Crippen LogP) is 0.930. The molecule has 20 heavy (non-hydrogen) atoms. The first-order valence-corrected chi connectivity index (χ1v) is 6.30. The summed E-state index contributed by atoms with van der Waals surface area (Å²) >= 11 is 0. The number of hydrogen-bond donors (Lipinski definition) is 2. The van der Waals surface area contributed by atoms with Crippen LogP contribution >= 0.6 is 0 Å². The van der Waals surface area contributed by atoms with Crippen LogP contribution in [0.5, 0.6) is 11.5 Å². The van der Waals surface area contributed by atoms with Crippen LogP contribution in [-0.2, 0) is 6.54 Å². The lowest BCUT2D eigenvalue weighted by Crippen LogP contribution is -2.21. The van der Waals surface area contributed by atoms with E-state index in [1.807, 2.05) is 6.07 Å². The molecule has 1 aromatic heterocycles. The number of nitrogens with one attached hydrogen (secondary N) is 1. The Morgan fingerprint density at radius 2 is 2.20 bits per heavy atom. The van der Waals surface area contributed by atoms with Crippen LogP contribution in [0.3, 0.4) is 0 Å². The molecule has 0 amide bonds. The van der Waals surface area contributed by atoms with Gasteiger partial charge in [-0.05, 0) is 24.6 Å². The SMILES string of the molecule is Cc1noc(CNCC(O)c2ccc3c(c2)OCO3)n1. The van der Waals surface area contributed by atoms with Crippen molar-refractivity contribution in [2.75, 3.05) is 13.3 Å². The molecular weight excluding hydrogens is 262 g/mol. The van der Waals surface area contributed by atoms with Crippen molar-refractivity contribution in [3.63, 3.8) is 0 Å². The van der Waals surface area contributed by atoms with Crippen molar-refractivity contribution in [2.45, 2.75) is 19.6 Å². The van der Waals surface area contributed by atoms with Gasteiger partial charge in [0.2, 0.25) is 12.7 Å². The largest absolute Gasteiger partial charge is 0.454 e. The van der Waals surface area contributed by atoms with Crippen molar-refractivity contribution in [2.24, 2.45) is 0 Å². The lowest BCUT2D eigenvalue weighted by molar-refractivity contribution is 0.169. The number of ether oxygens (including phenoxy) is 2. The highest BCUT2D eigenvalue weighted by Gasteiger charge is 2.16. The fraction of sp³-hybridized carbons (Fsp3) is 0.385. The van der Waals surface area contributed by atoms with E-state index in [1.165, 1.54) is 0 Å². The zero-order chi connectivity index (χ0) is 13.9. The van der Waals surface area contributed by atoms with E-state index in [9.17, 15) is 5.11 Å². The molecule has 7 heteroatoms. The molecular formula is C13H15N3O4. The van der Waals surface area contributed by atoms with Crippen LogP contribution in [0.4, 0.5) is 0 Å². The van der Waals surface area contributed by atoms with Crippen molar-refractivity contribution in [1.82, 2.24) is 15.5 Å². The number of aliphatic hydroxyl groups is 1. The summed E-state index contributed by atoms with van der Waals surface area (Å²) in [6.07, 6.45) is -0.645. The maximum absolute atomic E-state index is 10.1. The first-order valence-electron chi connectivity index (χ1n) is 6.30. The molecule has 2 heterocycles. The molecule has 1 atom stereocenters. The molecule has 0 saturated carbocycles. The van der Waals surface area contributed by atoms with Crippen molar-refractivity contribution in [1.29, 1.82) is 0 Å². The number of benzene rings is 1. The van der Waals surface area contributed by atoms with Gasteiger partial charge >= 0.3 is 0 Å². The Labute approximate surface area is 115 Å². The molecule has 1 aliphatic rings. The Balaban J connectivity index is 1.55. The van der Waals surface area contributed by atoms with E-state index >= 15 is 0 Å². The van der Waals surface area contributed by atoms with Crippen molar-refractivity contribution in [3.8, 4) is 11.5 Å². The summed E-state index contributed by atoms with van der Waals surface area (Å²) < 4.78 is 15.5. The third kappa shape index (κ3) is 2.73. The summed E-state index contributed by atoms with van der Waals surface area (Å²) in [4.78, 5) is 4.07. The number of rotatable bonds is 5. The first-order chi connectivity index (χ1) is 9.72. The van der Waals surface area contributed by atoms with Gasteiger partial charge in [-0.3, -0.25) is 0 Å². The van der Waals surface area contributed by atoms with Gasteiger partial charge in [0.15, 0.2) is 17.3 Å². The number of fused-ring (bicyclic) bond motifs is 1. The molecule has 0 fully saturated rings. The molecule has 0 bridgehead atoms. The Hall–Kier alpha value is -2.12. The highest BCUT2D eigenvalue weighted by atomic mass is 16.7. The second-order valence-corrected chi connectivity index (χ2v) is 4.49. The molecule has 3 rings (SSSR count). The van der Waals surface area contributed by atoms with Crippen molar-refractivity contribution >= 4 is 0 Å². The van der Waals surface area contributed by atoms with E-state index in [0.29, 0.717) is 36.3 Å². The predicted molar refractivity (Wildman–Crippen MR) is 68.3 cm³/mol. The average Bonchev–Trinajstić information content (AvgIpc) is 3.06. The summed E-state index contributed by atoms with van der Waals surface area (Å²) in [6, 6.07) is 5.39. The second kappa shape index (κ2) is 5.48. The third-order valence-electron chi connectivity index (χ3n) is 2.96. The van der Waals surface area contributed by atoms with Gasteiger partial charge in [-0.25, -0.2) is 0 Å². The summed E-state index contributed by atoms with van der Waals surface area (Å²) in [5, 5.41) is 16.9. The fourth-order valence-electron chi connectivity index (χ4n) is 1.97. The number of nitrogens with zero attached hydrogens (tertiary/aromatic N) is 2. The zero-order valence-electron chi connectivity index (χ0n) is 11.0. The Morgan fingerprint density at radius 3 is 3.00 bits per heavy atom. The van der Waals surface area contributed by atoms with Crippen LogP contribution in [-0.4, -0.2) is 28.6 Å². The maximum atomic E-state index is 10.1. The minimum Gasteiger partial charge on any atom is -0.454 e. The van der Waals surface area contributed by atoms with E-state index in [1.54, 1.807) is 19.1 Å². The Kier molecular flexibility index (Phi) is 3.53. The van der Waals surface area contributed by atoms with E-state index in [4.69, 9.17) is 14.0 Å². The molecule has 2 aromatic rings. The number of aryl methyl sites for hydroxylation is 1. The average molecular weight is 277 g/mol. The quantitative estimate of drug-likeness (QED) is 0.840. The molecule has 0 saturated heterocycles. The minimum absolute atomic E-state index is 0.226. The summed E-state index contributed by atoms with van der Waals surface area (Å²) in [5.74, 6) is 2.46. The summed E-state index contributed by atoms with van der Waals surface area (Å²) in [6.45, 7) is 2.78. The molecule has 106 valence electrons. The van der Waals surface area contributed by atoms with E-state index in [2.05, 4.69) is 15.5 Å². The van der Waals surface area contributed by atoms with Gasteiger partial charge in [-0.15, -0.1) is 0 Å². The van der Waals surface area contributed by atoms with Gasteiger partial charge in [0.05, 0.1) is 12.6 Å². The van der Waals surface area contributed by atoms with E-state index < -0.39 is 6.10 Å². The van der Waals surface area contributed by atoms with Crippen LogP contribution < -0.4 is 14.8 Å². The van der Waals surface area contributed by atoms with Gasteiger partial charge in [0, 0.05) is 6.54 Å². The molecule has 1 aromatic carbocycles. The smallest absolute Gasteiger partial charge is 0.240 e. The zero-order valence-corrected chi connectivity index (χ0v) is 11.0. The second-order valence-electron chi connectivity index (χ2n) is 4.49. The molecule has 0 aliphatic carbocycles. The third-order valence-corrected chi connectivity index (χ3v) is 2.96. The van der Waals surface area contributed by atoms with Crippen molar-refractivity contribution in [3.05, 3.63) is 35.5 Å². The minimum atomic E-state index is -0.645. The monoisotopic (exact) mass is 277 g/mol. The van der Waals surface area contributed by atoms with Crippen LogP contribution in [0.25, 0.3) is 0 Å². The highest BCUT2D eigenvalue weighted by Crippen LogP contribution is 2.34. The van der Waals surface area contributed by atoms with Crippen LogP contribution in [0.2, 0.25) is 0 Å². The topological polar surface area (TPSA) is 89.6 Å². The molecule has 0 spiro atoms. The molecule has 2 N–H and O–H groups in total. The lowest BCUT2D eigenvalue weighted by atomic mass is 10.1. The van der Waals surface area contributed by atoms with Gasteiger partial charge < -0.3 is 24.4 Å². The molecule has 0 radical (unpaired) electrons. The first kappa shape index (κ1) is 12.9. The lowest BCUT2D eigenvalue weighted by Gasteiger charge is -2.11. The highest BCUT2D eigenvalue weighted by molar-refractivity contribution is 5.45. The summed E-state index contributed by atoms with van der Waals surface area (Å²) in [7, 11) is 0. The van der Waals surface area contributed by atoms with E-state index in [-0.39, 0.29) is 6.79 Å². The normalized spacial score (nSPS) is 14.5. The maximum Gasteiger partial charge on any atom is 0.240 e. The number of aliphatic hydroxyl groups excluding tert-OH is 1. The molecule has 7 nitrogen and oxygen atoms in total. The van der Waals surface area contributed by atoms with Crippen LogP contribution in [0, 0.1) is 6.92 Å². The van der Waals surface area contributed by atoms with Crippen LogP contribution in [0.1, 0.15) is 23.4 Å².